The van der Waals surface area contributed by atoms with Crippen LogP contribution >= 0.6 is 11.3 Å². The first kappa shape index (κ1) is 16.3. The molecule has 0 radical (unpaired) electrons. The van der Waals surface area contributed by atoms with Gasteiger partial charge in [0.25, 0.3) is 10.0 Å². The van der Waals surface area contributed by atoms with Crippen LogP contribution in [-0.4, -0.2) is 48.5 Å². The molecule has 1 aromatic heterocycles. The molecule has 1 saturated carbocycles. The Morgan fingerprint density at radius 3 is 2.81 bits per heavy atom. The molecule has 2 atom stereocenters. The molecule has 8 nitrogen and oxygen atoms in total. The molecule has 1 aromatic rings. The second-order valence-electron chi connectivity index (χ2n) is 5.07. The normalized spacial score (nSPS) is 22.7. The van der Waals surface area contributed by atoms with Gasteiger partial charge in [-0.3, -0.25) is 4.79 Å². The molecule has 10 heteroatoms. The summed E-state index contributed by atoms with van der Waals surface area (Å²) in [5, 5.41) is 9.96. The molecule has 118 valence electrons. The molecule has 1 heterocycles. The van der Waals surface area contributed by atoms with Gasteiger partial charge in [0.15, 0.2) is 0 Å². The van der Waals surface area contributed by atoms with Crippen molar-refractivity contribution in [2.24, 2.45) is 11.7 Å². The van der Waals surface area contributed by atoms with E-state index in [4.69, 9.17) is 5.73 Å². The lowest BCUT2D eigenvalue weighted by atomic mass is 10.0. The van der Waals surface area contributed by atoms with Crippen molar-refractivity contribution < 1.29 is 13.2 Å². The number of nitrogens with zero attached hydrogens (tertiary/aromatic N) is 3. The Kier molecular flexibility index (Phi) is 4.91. The molecule has 1 aliphatic carbocycles. The number of carbonyl (C=O) groups is 1. The van der Waals surface area contributed by atoms with Crippen molar-refractivity contribution in [1.82, 2.24) is 14.5 Å². The van der Waals surface area contributed by atoms with Crippen LogP contribution in [0.4, 0.5) is 5.13 Å². The number of amides is 1. The Morgan fingerprint density at radius 2 is 2.19 bits per heavy atom. The minimum absolute atomic E-state index is 0.104. The molecule has 0 aliphatic heterocycles. The highest BCUT2D eigenvalue weighted by molar-refractivity contribution is 7.91. The summed E-state index contributed by atoms with van der Waals surface area (Å²) in [6.45, 7) is 1.80. The van der Waals surface area contributed by atoms with Crippen molar-refractivity contribution in [2.45, 2.75) is 36.6 Å². The van der Waals surface area contributed by atoms with E-state index < -0.39 is 10.0 Å². The third-order valence-electron chi connectivity index (χ3n) is 3.68. The van der Waals surface area contributed by atoms with Gasteiger partial charge in [0.2, 0.25) is 15.4 Å². The van der Waals surface area contributed by atoms with E-state index in [-0.39, 0.29) is 27.3 Å². The topological polar surface area (TPSA) is 118 Å². The monoisotopic (exact) mass is 333 g/mol. The molecule has 2 unspecified atom stereocenters. The lowest BCUT2D eigenvalue weighted by molar-refractivity contribution is -0.114. The summed E-state index contributed by atoms with van der Waals surface area (Å²) in [4.78, 5) is 11.0. The van der Waals surface area contributed by atoms with E-state index in [2.05, 4.69) is 15.5 Å². The number of hydrogen-bond acceptors (Lipinski definition) is 7. The van der Waals surface area contributed by atoms with Gasteiger partial charge in [-0.15, -0.1) is 10.2 Å². The van der Waals surface area contributed by atoms with Gasteiger partial charge in [0.1, 0.15) is 0 Å². The van der Waals surface area contributed by atoms with Gasteiger partial charge >= 0.3 is 0 Å². The fourth-order valence-electron chi connectivity index (χ4n) is 2.59. The molecule has 1 aliphatic rings. The maximum absolute atomic E-state index is 12.6. The van der Waals surface area contributed by atoms with Crippen molar-refractivity contribution in [3.8, 4) is 0 Å². The van der Waals surface area contributed by atoms with Crippen LogP contribution in [-0.2, 0) is 14.8 Å². The van der Waals surface area contributed by atoms with Gasteiger partial charge in [-0.25, -0.2) is 8.42 Å². The molecule has 0 bridgehead atoms. The number of anilines is 1. The Labute approximate surface area is 127 Å². The third kappa shape index (κ3) is 3.39. The predicted octanol–water partition coefficient (Wildman–Crippen LogP) is 0.244. The van der Waals surface area contributed by atoms with Crippen molar-refractivity contribution in [1.29, 1.82) is 0 Å². The summed E-state index contributed by atoms with van der Waals surface area (Å²) in [6, 6.07) is -0.104. The van der Waals surface area contributed by atoms with Crippen LogP contribution in [0.5, 0.6) is 0 Å². The number of carbonyl (C=O) groups excluding carboxylic acids is 1. The molecule has 0 spiro atoms. The number of hydrogen-bond donors (Lipinski definition) is 2. The van der Waals surface area contributed by atoms with Crippen LogP contribution in [0, 0.1) is 5.92 Å². The Hall–Kier alpha value is -1.10. The zero-order valence-electron chi connectivity index (χ0n) is 11.9. The van der Waals surface area contributed by atoms with Crippen molar-refractivity contribution in [2.75, 3.05) is 18.9 Å². The summed E-state index contributed by atoms with van der Waals surface area (Å²) >= 11 is 0.849. The Bertz CT molecular complexity index is 615. The average molecular weight is 333 g/mol. The molecule has 0 aromatic carbocycles. The lowest BCUT2D eigenvalue weighted by Crippen LogP contribution is -2.41. The van der Waals surface area contributed by atoms with Crippen molar-refractivity contribution in [3.05, 3.63) is 0 Å². The quantitative estimate of drug-likeness (QED) is 0.745. The highest BCUT2D eigenvalue weighted by Crippen LogP contribution is 2.32. The smallest absolute Gasteiger partial charge is 0.272 e. The zero-order valence-corrected chi connectivity index (χ0v) is 13.6. The van der Waals surface area contributed by atoms with Crippen molar-refractivity contribution in [3.63, 3.8) is 0 Å². The van der Waals surface area contributed by atoms with Crippen LogP contribution in [0.3, 0.4) is 0 Å². The average Bonchev–Trinajstić information content (AvgIpc) is 3.05. The predicted molar refractivity (Wildman–Crippen MR) is 79.3 cm³/mol. The van der Waals surface area contributed by atoms with E-state index in [0.29, 0.717) is 6.54 Å². The van der Waals surface area contributed by atoms with Gasteiger partial charge in [0.05, 0.1) is 0 Å². The number of nitrogens with one attached hydrogen (secondary N) is 1. The SMILES string of the molecule is CC(=O)Nc1nnc(S(=O)(=O)N(C)C2CCCC2CN)s1. The molecule has 1 fully saturated rings. The molecule has 3 N–H and O–H groups in total. The van der Waals surface area contributed by atoms with Crippen LogP contribution in [0.2, 0.25) is 0 Å². The summed E-state index contributed by atoms with van der Waals surface area (Å²) in [6.07, 6.45) is 2.71. The Balaban J connectivity index is 2.20. The Morgan fingerprint density at radius 1 is 1.48 bits per heavy atom. The summed E-state index contributed by atoms with van der Waals surface area (Å²) in [5.41, 5.74) is 5.71. The van der Waals surface area contributed by atoms with E-state index in [0.717, 1.165) is 30.6 Å². The lowest BCUT2D eigenvalue weighted by Gasteiger charge is -2.27. The van der Waals surface area contributed by atoms with Gasteiger partial charge in [-0.05, 0) is 25.3 Å². The number of aromatic nitrogens is 2. The number of sulfonamides is 1. The van der Waals surface area contributed by atoms with Gasteiger partial charge in [-0.2, -0.15) is 4.31 Å². The second-order valence-corrected chi connectivity index (χ2v) is 8.22. The van der Waals surface area contributed by atoms with E-state index in [9.17, 15) is 13.2 Å². The van der Waals surface area contributed by atoms with Gasteiger partial charge < -0.3 is 11.1 Å². The first-order chi connectivity index (χ1) is 9.86. The molecule has 1 amide bonds. The van der Waals surface area contributed by atoms with Crippen LogP contribution < -0.4 is 11.1 Å². The number of nitrogens with two attached hydrogens (primary N) is 1. The van der Waals surface area contributed by atoms with E-state index >= 15 is 0 Å². The van der Waals surface area contributed by atoms with Crippen LogP contribution in [0.1, 0.15) is 26.2 Å². The second kappa shape index (κ2) is 6.34. The molecule has 2 rings (SSSR count). The molecule has 21 heavy (non-hydrogen) atoms. The van der Waals surface area contributed by atoms with E-state index in [1.165, 1.54) is 11.2 Å². The standard InChI is InChI=1S/C11H19N5O3S2/c1-7(17)13-10-14-15-11(20-10)21(18,19)16(2)9-5-3-4-8(9)6-12/h8-9H,3-6,12H2,1-2H3,(H,13,14,17). The van der Waals surface area contributed by atoms with E-state index in [1.54, 1.807) is 7.05 Å². The minimum atomic E-state index is -3.71. The van der Waals surface area contributed by atoms with Crippen LogP contribution in [0.15, 0.2) is 4.34 Å². The minimum Gasteiger partial charge on any atom is -0.330 e. The van der Waals surface area contributed by atoms with E-state index in [1.807, 2.05) is 0 Å². The van der Waals surface area contributed by atoms with Crippen molar-refractivity contribution >= 4 is 32.4 Å². The summed E-state index contributed by atoms with van der Waals surface area (Å²) in [7, 11) is -2.16. The largest absolute Gasteiger partial charge is 0.330 e. The molecular formula is C11H19N5O3S2. The first-order valence-corrected chi connectivity index (χ1v) is 8.91. The van der Waals surface area contributed by atoms with Crippen LogP contribution in [0.25, 0.3) is 0 Å². The summed E-state index contributed by atoms with van der Waals surface area (Å²) in [5.74, 6) is -0.144. The maximum atomic E-state index is 12.6. The highest BCUT2D eigenvalue weighted by atomic mass is 32.2. The first-order valence-electron chi connectivity index (χ1n) is 6.65. The molecular weight excluding hydrogens is 314 g/mol. The fourth-order valence-corrected chi connectivity index (χ4v) is 5.15. The maximum Gasteiger partial charge on any atom is 0.272 e. The highest BCUT2D eigenvalue weighted by Gasteiger charge is 2.37. The summed E-state index contributed by atoms with van der Waals surface area (Å²) < 4.78 is 26.3. The molecule has 0 saturated heterocycles. The third-order valence-corrected chi connectivity index (χ3v) is 6.75. The fraction of sp³-hybridized carbons (Fsp3) is 0.727. The zero-order chi connectivity index (χ0) is 15.6. The number of rotatable bonds is 5. The van der Waals surface area contributed by atoms with Gasteiger partial charge in [0, 0.05) is 20.0 Å². The van der Waals surface area contributed by atoms with Gasteiger partial charge in [-0.1, -0.05) is 17.8 Å².